The molecule has 128 valence electrons. The van der Waals surface area contributed by atoms with Crippen molar-refractivity contribution in [3.05, 3.63) is 41.7 Å². The highest BCUT2D eigenvalue weighted by molar-refractivity contribution is 6.08. The molecule has 2 amide bonds. The van der Waals surface area contributed by atoms with Crippen LogP contribution in [-0.4, -0.2) is 44.4 Å². The first-order valence-electron chi connectivity index (χ1n) is 8.10. The maximum atomic E-state index is 12.7. The molecule has 1 aromatic carbocycles. The second kappa shape index (κ2) is 5.73. The fourth-order valence-electron chi connectivity index (χ4n) is 3.25. The van der Waals surface area contributed by atoms with Gasteiger partial charge in [0.25, 0.3) is 11.8 Å². The Morgan fingerprint density at radius 3 is 2.92 bits per heavy atom. The SMILES string of the molecule is Cc1cc(N2CCC(NC(=O)c3n[nH]c4ccccc34)C2=O)n(C)n1. The molecule has 2 N–H and O–H groups in total. The van der Waals surface area contributed by atoms with E-state index in [1.165, 1.54) is 0 Å². The van der Waals surface area contributed by atoms with Crippen LogP contribution in [0.15, 0.2) is 30.3 Å². The Kier molecular flexibility index (Phi) is 3.52. The minimum atomic E-state index is -0.557. The number of aromatic amines is 1. The first kappa shape index (κ1) is 15.4. The van der Waals surface area contributed by atoms with Gasteiger partial charge in [-0.05, 0) is 19.4 Å². The maximum Gasteiger partial charge on any atom is 0.273 e. The topological polar surface area (TPSA) is 95.9 Å². The van der Waals surface area contributed by atoms with E-state index in [0.29, 0.717) is 18.7 Å². The maximum absolute atomic E-state index is 12.7. The normalized spacial score (nSPS) is 17.4. The van der Waals surface area contributed by atoms with Crippen LogP contribution >= 0.6 is 0 Å². The number of hydrogen-bond acceptors (Lipinski definition) is 4. The number of aryl methyl sites for hydroxylation is 2. The van der Waals surface area contributed by atoms with Gasteiger partial charge in [-0.2, -0.15) is 10.2 Å². The molecule has 3 aromatic rings. The van der Waals surface area contributed by atoms with E-state index in [0.717, 1.165) is 22.4 Å². The van der Waals surface area contributed by atoms with Crippen molar-refractivity contribution in [2.75, 3.05) is 11.4 Å². The fourth-order valence-corrected chi connectivity index (χ4v) is 3.25. The van der Waals surface area contributed by atoms with Gasteiger partial charge in [-0.15, -0.1) is 0 Å². The Bertz CT molecular complexity index is 973. The third-order valence-electron chi connectivity index (χ3n) is 4.45. The lowest BCUT2D eigenvalue weighted by molar-refractivity contribution is -0.118. The van der Waals surface area contributed by atoms with Crippen LogP contribution < -0.4 is 10.2 Å². The van der Waals surface area contributed by atoms with Crippen LogP contribution in [0.3, 0.4) is 0 Å². The van der Waals surface area contributed by atoms with Crippen molar-refractivity contribution >= 4 is 28.5 Å². The largest absolute Gasteiger partial charge is 0.339 e. The predicted molar refractivity (Wildman–Crippen MR) is 92.3 cm³/mol. The molecule has 1 aliphatic heterocycles. The quantitative estimate of drug-likeness (QED) is 0.748. The Morgan fingerprint density at radius 1 is 1.36 bits per heavy atom. The summed E-state index contributed by atoms with van der Waals surface area (Å²) in [5.74, 6) is 0.263. The molecule has 25 heavy (non-hydrogen) atoms. The number of aromatic nitrogens is 4. The van der Waals surface area contributed by atoms with E-state index in [4.69, 9.17) is 0 Å². The van der Waals surface area contributed by atoms with Crippen LogP contribution in [0.25, 0.3) is 10.9 Å². The van der Waals surface area contributed by atoms with Gasteiger partial charge in [-0.3, -0.25) is 24.3 Å². The Hall–Kier alpha value is -3.16. The monoisotopic (exact) mass is 338 g/mol. The third-order valence-corrected chi connectivity index (χ3v) is 4.45. The average molecular weight is 338 g/mol. The molecule has 1 saturated heterocycles. The third kappa shape index (κ3) is 2.55. The second-order valence-electron chi connectivity index (χ2n) is 6.19. The van der Waals surface area contributed by atoms with Crippen molar-refractivity contribution in [3.8, 4) is 0 Å². The number of nitrogens with zero attached hydrogens (tertiary/aromatic N) is 4. The summed E-state index contributed by atoms with van der Waals surface area (Å²) in [4.78, 5) is 26.9. The minimum absolute atomic E-state index is 0.129. The lowest BCUT2D eigenvalue weighted by Gasteiger charge is -2.16. The number of H-pyrrole nitrogens is 1. The van der Waals surface area contributed by atoms with Gasteiger partial charge in [0.2, 0.25) is 0 Å². The van der Waals surface area contributed by atoms with Gasteiger partial charge in [0, 0.05) is 25.0 Å². The van der Waals surface area contributed by atoms with E-state index in [9.17, 15) is 9.59 Å². The first-order chi connectivity index (χ1) is 12.0. The van der Waals surface area contributed by atoms with Crippen LogP contribution in [-0.2, 0) is 11.8 Å². The number of fused-ring (bicyclic) bond motifs is 1. The van der Waals surface area contributed by atoms with Crippen molar-refractivity contribution < 1.29 is 9.59 Å². The highest BCUT2D eigenvalue weighted by Crippen LogP contribution is 2.22. The smallest absolute Gasteiger partial charge is 0.273 e. The summed E-state index contributed by atoms with van der Waals surface area (Å²) < 4.78 is 1.68. The number of hydrogen-bond donors (Lipinski definition) is 2. The Balaban J connectivity index is 1.53. The van der Waals surface area contributed by atoms with Crippen LogP contribution in [0.2, 0.25) is 0 Å². The molecule has 0 saturated carbocycles. The number of rotatable bonds is 3. The lowest BCUT2D eigenvalue weighted by atomic mass is 10.2. The van der Waals surface area contributed by atoms with Crippen molar-refractivity contribution in [2.45, 2.75) is 19.4 Å². The van der Waals surface area contributed by atoms with Crippen molar-refractivity contribution in [2.24, 2.45) is 7.05 Å². The summed E-state index contributed by atoms with van der Waals surface area (Å²) in [6, 6.07) is 8.71. The fraction of sp³-hybridized carbons (Fsp3) is 0.294. The predicted octanol–water partition coefficient (Wildman–Crippen LogP) is 1.14. The zero-order valence-corrected chi connectivity index (χ0v) is 14.0. The summed E-state index contributed by atoms with van der Waals surface area (Å²) in [6.45, 7) is 2.43. The first-order valence-corrected chi connectivity index (χ1v) is 8.10. The highest BCUT2D eigenvalue weighted by atomic mass is 16.2. The van der Waals surface area contributed by atoms with Crippen LogP contribution in [0, 0.1) is 6.92 Å². The number of para-hydroxylation sites is 1. The van der Waals surface area contributed by atoms with Gasteiger partial charge in [-0.1, -0.05) is 18.2 Å². The van der Waals surface area contributed by atoms with Gasteiger partial charge < -0.3 is 5.32 Å². The van der Waals surface area contributed by atoms with Gasteiger partial charge in [0.05, 0.1) is 11.2 Å². The zero-order chi connectivity index (χ0) is 17.6. The molecular weight excluding hydrogens is 320 g/mol. The standard InChI is InChI=1S/C17H18N6O2/c1-10-9-14(22(2)21-10)23-8-7-13(17(23)25)18-16(24)15-11-5-3-4-6-12(11)19-20-15/h3-6,9,13H,7-8H2,1-2H3,(H,18,24)(H,19,20). The van der Waals surface area contributed by atoms with Gasteiger partial charge >= 0.3 is 0 Å². The molecule has 1 atom stereocenters. The van der Waals surface area contributed by atoms with Gasteiger partial charge in [0.15, 0.2) is 5.69 Å². The zero-order valence-electron chi connectivity index (χ0n) is 14.0. The number of anilines is 1. The molecule has 8 heteroatoms. The number of benzene rings is 1. The molecule has 1 aliphatic rings. The molecule has 0 bridgehead atoms. The lowest BCUT2D eigenvalue weighted by Crippen LogP contribution is -2.42. The summed E-state index contributed by atoms with van der Waals surface area (Å²) in [7, 11) is 1.80. The second-order valence-corrected chi connectivity index (χ2v) is 6.19. The Labute approximate surface area is 143 Å². The van der Waals surface area contributed by atoms with Crippen molar-refractivity contribution in [1.29, 1.82) is 0 Å². The summed E-state index contributed by atoms with van der Waals surface area (Å²) in [5.41, 5.74) is 1.94. The molecule has 4 rings (SSSR count). The van der Waals surface area contributed by atoms with E-state index in [2.05, 4.69) is 20.6 Å². The van der Waals surface area contributed by atoms with E-state index >= 15 is 0 Å². The number of carbonyl (C=O) groups is 2. The van der Waals surface area contributed by atoms with Crippen LogP contribution in [0.4, 0.5) is 5.82 Å². The van der Waals surface area contributed by atoms with Gasteiger partial charge in [0.1, 0.15) is 11.9 Å². The van der Waals surface area contributed by atoms with Gasteiger partial charge in [-0.25, -0.2) is 0 Å². The summed E-state index contributed by atoms with van der Waals surface area (Å²) in [5, 5.41) is 14.7. The molecule has 3 heterocycles. The van der Waals surface area contributed by atoms with Crippen molar-refractivity contribution in [3.63, 3.8) is 0 Å². The summed E-state index contributed by atoms with van der Waals surface area (Å²) >= 11 is 0. The molecule has 0 aliphatic carbocycles. The highest BCUT2D eigenvalue weighted by Gasteiger charge is 2.35. The Morgan fingerprint density at radius 2 is 2.16 bits per heavy atom. The minimum Gasteiger partial charge on any atom is -0.339 e. The molecule has 1 unspecified atom stereocenters. The number of nitrogens with one attached hydrogen (secondary N) is 2. The van der Waals surface area contributed by atoms with E-state index in [1.807, 2.05) is 37.3 Å². The molecule has 8 nitrogen and oxygen atoms in total. The van der Waals surface area contributed by atoms with E-state index < -0.39 is 6.04 Å². The number of carbonyl (C=O) groups excluding carboxylic acids is 2. The van der Waals surface area contributed by atoms with Crippen LogP contribution in [0.1, 0.15) is 22.6 Å². The average Bonchev–Trinajstić information content (AvgIpc) is 3.26. The number of amides is 2. The molecular formula is C17H18N6O2. The molecule has 1 fully saturated rings. The molecule has 0 spiro atoms. The van der Waals surface area contributed by atoms with Crippen LogP contribution in [0.5, 0.6) is 0 Å². The molecule has 2 aromatic heterocycles. The van der Waals surface area contributed by atoms with E-state index in [1.54, 1.807) is 16.6 Å². The summed E-state index contributed by atoms with van der Waals surface area (Å²) in [6.07, 6.45) is 0.553. The molecule has 0 radical (unpaired) electrons. The van der Waals surface area contributed by atoms with Crippen molar-refractivity contribution in [1.82, 2.24) is 25.3 Å². The van der Waals surface area contributed by atoms with E-state index in [-0.39, 0.29) is 11.8 Å².